The first-order valence-corrected chi connectivity index (χ1v) is 14.3. The number of rotatable bonds is 8. The molecule has 1 saturated heterocycles. The number of ether oxygens (including phenoxy) is 4. The molecule has 1 aliphatic heterocycles. The van der Waals surface area contributed by atoms with Crippen LogP contribution in [0.25, 0.3) is 11.0 Å². The SMILES string of the molecule is Cc1nc(N)c2c(C#N)cn([C@@H]3O[C@H](COC(=O)c4ccccc4)[C@@H](OC(=O)c4ccccc4)[C@H]3OC(=O)c3ccccc3)c2n1. The van der Waals surface area contributed by atoms with Gasteiger partial charge in [-0.3, -0.25) is 0 Å². The number of aryl methyl sites for hydroxylation is 1. The van der Waals surface area contributed by atoms with Crippen molar-refractivity contribution < 1.29 is 33.3 Å². The Bertz CT molecular complexity index is 1940. The highest BCUT2D eigenvalue weighted by molar-refractivity contribution is 5.93. The molecule has 5 aromatic rings. The molecule has 1 fully saturated rings. The summed E-state index contributed by atoms with van der Waals surface area (Å²) in [5, 5.41) is 10.2. The molecule has 12 nitrogen and oxygen atoms in total. The summed E-state index contributed by atoms with van der Waals surface area (Å²) in [7, 11) is 0. The zero-order chi connectivity index (χ0) is 32.2. The Morgan fingerprint density at radius 3 is 1.89 bits per heavy atom. The number of esters is 3. The Morgan fingerprint density at radius 1 is 0.826 bits per heavy atom. The van der Waals surface area contributed by atoms with Crippen molar-refractivity contribution >= 4 is 34.8 Å². The number of benzene rings is 3. The van der Waals surface area contributed by atoms with Crippen molar-refractivity contribution in [2.75, 3.05) is 12.3 Å². The Balaban J connectivity index is 1.43. The van der Waals surface area contributed by atoms with Gasteiger partial charge in [-0.25, -0.2) is 24.4 Å². The fourth-order valence-electron chi connectivity index (χ4n) is 5.25. The van der Waals surface area contributed by atoms with Crippen molar-refractivity contribution in [3.05, 3.63) is 125 Å². The number of nitrogens with two attached hydrogens (primary N) is 1. The molecule has 6 rings (SSSR count). The maximum Gasteiger partial charge on any atom is 0.338 e. The van der Waals surface area contributed by atoms with Crippen molar-refractivity contribution in [3.8, 4) is 6.07 Å². The normalized spacial score (nSPS) is 18.9. The molecule has 2 aromatic heterocycles. The lowest BCUT2D eigenvalue weighted by Gasteiger charge is -2.25. The van der Waals surface area contributed by atoms with E-state index in [0.29, 0.717) is 11.4 Å². The van der Waals surface area contributed by atoms with Crippen molar-refractivity contribution in [1.29, 1.82) is 5.26 Å². The van der Waals surface area contributed by atoms with Crippen LogP contribution < -0.4 is 5.73 Å². The second-order valence-corrected chi connectivity index (χ2v) is 10.4. The summed E-state index contributed by atoms with van der Waals surface area (Å²) >= 11 is 0. The summed E-state index contributed by atoms with van der Waals surface area (Å²) in [6, 6.07) is 27.0. The predicted octanol–water partition coefficient (Wildman–Crippen LogP) is 4.40. The van der Waals surface area contributed by atoms with Gasteiger partial charge in [0.25, 0.3) is 0 Å². The second kappa shape index (κ2) is 12.9. The van der Waals surface area contributed by atoms with Crippen molar-refractivity contribution in [2.24, 2.45) is 0 Å². The number of nitrogen functional groups attached to an aromatic ring is 1. The van der Waals surface area contributed by atoms with Gasteiger partial charge in [0.1, 0.15) is 36.1 Å². The molecule has 0 aliphatic carbocycles. The van der Waals surface area contributed by atoms with E-state index in [1.54, 1.807) is 97.9 Å². The molecule has 0 amide bonds. The fraction of sp³-hybridized carbons (Fsp3) is 0.176. The third-order valence-corrected chi connectivity index (χ3v) is 7.39. The minimum Gasteiger partial charge on any atom is -0.459 e. The van der Waals surface area contributed by atoms with Crippen LogP contribution in [-0.2, 0) is 18.9 Å². The molecule has 0 unspecified atom stereocenters. The second-order valence-electron chi connectivity index (χ2n) is 10.4. The van der Waals surface area contributed by atoms with E-state index >= 15 is 0 Å². The van der Waals surface area contributed by atoms with E-state index in [9.17, 15) is 19.6 Å². The largest absolute Gasteiger partial charge is 0.459 e. The van der Waals surface area contributed by atoms with Gasteiger partial charge < -0.3 is 29.2 Å². The molecule has 0 bridgehead atoms. The molecule has 3 heterocycles. The van der Waals surface area contributed by atoms with Gasteiger partial charge >= 0.3 is 17.9 Å². The zero-order valence-corrected chi connectivity index (χ0v) is 24.5. The first kappa shape index (κ1) is 30.0. The van der Waals surface area contributed by atoms with Crippen LogP contribution >= 0.6 is 0 Å². The van der Waals surface area contributed by atoms with Crippen LogP contribution in [0.15, 0.2) is 97.2 Å². The van der Waals surface area contributed by atoms with Gasteiger partial charge in [0.15, 0.2) is 18.4 Å². The molecule has 0 radical (unpaired) electrons. The summed E-state index contributed by atoms with van der Waals surface area (Å²) in [4.78, 5) is 48.4. The topological polar surface area (TPSA) is 169 Å². The third kappa shape index (κ3) is 5.99. The number of nitrogens with zero attached hydrogens (tertiary/aromatic N) is 4. The van der Waals surface area contributed by atoms with Crippen molar-refractivity contribution in [3.63, 3.8) is 0 Å². The monoisotopic (exact) mass is 617 g/mol. The molecular formula is C34H27N5O7. The van der Waals surface area contributed by atoms with Gasteiger partial charge in [0, 0.05) is 6.20 Å². The van der Waals surface area contributed by atoms with Crippen LogP contribution in [0.2, 0.25) is 0 Å². The van der Waals surface area contributed by atoms with E-state index in [-0.39, 0.29) is 40.1 Å². The molecular weight excluding hydrogens is 590 g/mol. The number of aromatic nitrogens is 3. The van der Waals surface area contributed by atoms with Crippen LogP contribution in [0, 0.1) is 18.3 Å². The van der Waals surface area contributed by atoms with Crippen molar-refractivity contribution in [1.82, 2.24) is 14.5 Å². The van der Waals surface area contributed by atoms with Gasteiger partial charge in [0.2, 0.25) is 0 Å². The van der Waals surface area contributed by atoms with Gasteiger partial charge in [-0.15, -0.1) is 0 Å². The number of hydrogen-bond donors (Lipinski definition) is 1. The minimum atomic E-state index is -1.29. The van der Waals surface area contributed by atoms with Crippen LogP contribution in [0.3, 0.4) is 0 Å². The minimum absolute atomic E-state index is 0.0778. The summed E-state index contributed by atoms with van der Waals surface area (Å²) in [5.74, 6) is -1.66. The summed E-state index contributed by atoms with van der Waals surface area (Å²) in [6.45, 7) is 1.27. The van der Waals surface area contributed by atoms with E-state index in [1.807, 2.05) is 0 Å². The molecule has 3 aromatic carbocycles. The lowest BCUT2D eigenvalue weighted by molar-refractivity contribution is -0.0604. The summed E-state index contributed by atoms with van der Waals surface area (Å²) in [6.07, 6.45) is -3.41. The van der Waals surface area contributed by atoms with Crippen LogP contribution in [0.1, 0.15) is 48.7 Å². The van der Waals surface area contributed by atoms with Crippen LogP contribution in [-0.4, -0.2) is 57.4 Å². The van der Waals surface area contributed by atoms with E-state index in [4.69, 9.17) is 24.7 Å². The number of carbonyl (C=O) groups is 3. The lowest BCUT2D eigenvalue weighted by atomic mass is 10.1. The molecule has 4 atom stereocenters. The van der Waals surface area contributed by atoms with E-state index in [0.717, 1.165) is 0 Å². The summed E-state index contributed by atoms with van der Waals surface area (Å²) < 4.78 is 25.5. The highest BCUT2D eigenvalue weighted by atomic mass is 16.7. The average molecular weight is 618 g/mol. The highest BCUT2D eigenvalue weighted by Crippen LogP contribution is 2.38. The number of carbonyl (C=O) groups excluding carboxylic acids is 3. The van der Waals surface area contributed by atoms with Crippen molar-refractivity contribution in [2.45, 2.75) is 31.5 Å². The first-order chi connectivity index (χ1) is 22.3. The molecule has 1 aliphatic rings. The van der Waals surface area contributed by atoms with E-state index < -0.39 is 42.4 Å². The Hall–Kier alpha value is -6.06. The maximum atomic E-state index is 13.5. The van der Waals surface area contributed by atoms with Crippen LogP contribution in [0.5, 0.6) is 0 Å². The van der Waals surface area contributed by atoms with E-state index in [2.05, 4.69) is 16.0 Å². The molecule has 2 N–H and O–H groups in total. The van der Waals surface area contributed by atoms with Gasteiger partial charge in [-0.05, 0) is 43.3 Å². The molecule has 46 heavy (non-hydrogen) atoms. The quantitative estimate of drug-likeness (QED) is 0.193. The summed E-state index contributed by atoms with van der Waals surface area (Å²) in [5.41, 5.74) is 7.37. The predicted molar refractivity (Wildman–Crippen MR) is 163 cm³/mol. The maximum absolute atomic E-state index is 13.5. The number of hydrogen-bond acceptors (Lipinski definition) is 11. The smallest absolute Gasteiger partial charge is 0.338 e. The average Bonchev–Trinajstić information content (AvgIpc) is 3.62. The van der Waals surface area contributed by atoms with Gasteiger partial charge in [0.05, 0.1) is 27.6 Å². The Labute approximate surface area is 262 Å². The third-order valence-electron chi connectivity index (χ3n) is 7.39. The molecule has 230 valence electrons. The highest BCUT2D eigenvalue weighted by Gasteiger charge is 2.52. The Morgan fingerprint density at radius 2 is 1.35 bits per heavy atom. The fourth-order valence-corrected chi connectivity index (χ4v) is 5.25. The zero-order valence-electron chi connectivity index (χ0n) is 24.5. The first-order valence-electron chi connectivity index (χ1n) is 14.3. The van der Waals surface area contributed by atoms with Gasteiger partial charge in [-0.2, -0.15) is 5.26 Å². The standard InChI is InChI=1S/C34H27N5O7/c1-20-37-29(36)26-24(17-35)18-39(30(26)38-20)31-28(46-34(42)23-15-9-4-10-16-23)27(45-33(41)22-13-7-3-8-14-22)25(44-31)19-43-32(40)21-11-5-2-6-12-21/h2-16,18,25,27-28,31H,19H2,1H3,(H2,36,37,38)/t25-,27-,28-,31-/m1/s1. The number of fused-ring (bicyclic) bond motifs is 1. The van der Waals surface area contributed by atoms with E-state index in [1.165, 1.54) is 10.8 Å². The number of anilines is 1. The van der Waals surface area contributed by atoms with Gasteiger partial charge in [-0.1, -0.05) is 54.6 Å². The molecule has 0 spiro atoms. The molecule has 12 heteroatoms. The Kier molecular flexibility index (Phi) is 8.40. The lowest BCUT2D eigenvalue weighted by Crippen LogP contribution is -2.41. The van der Waals surface area contributed by atoms with Crippen LogP contribution in [0.4, 0.5) is 5.82 Å². The molecule has 0 saturated carbocycles. The number of nitriles is 1.